The highest BCUT2D eigenvalue weighted by Crippen LogP contribution is 2.34. The number of aliphatic carboxylic acids is 1. The van der Waals surface area contributed by atoms with Crippen LogP contribution in [-0.2, 0) is 14.4 Å². The highest BCUT2D eigenvalue weighted by molar-refractivity contribution is 6.32. The van der Waals surface area contributed by atoms with Gasteiger partial charge in [0.15, 0.2) is 11.4 Å². The van der Waals surface area contributed by atoms with Gasteiger partial charge in [0, 0.05) is 22.6 Å². The van der Waals surface area contributed by atoms with E-state index in [4.69, 9.17) is 9.63 Å². The number of fused-ring (bicyclic) bond motifs is 1. The van der Waals surface area contributed by atoms with Gasteiger partial charge in [0.25, 0.3) is 11.8 Å². The summed E-state index contributed by atoms with van der Waals surface area (Å²) in [4.78, 5) is 36.4. The van der Waals surface area contributed by atoms with E-state index in [2.05, 4.69) is 5.16 Å². The zero-order valence-electron chi connectivity index (χ0n) is 13.1. The maximum absolute atomic E-state index is 14.4. The third-order valence-electron chi connectivity index (χ3n) is 4.20. The number of aromatic nitrogens is 1. The second-order valence-corrected chi connectivity index (χ2v) is 5.62. The maximum atomic E-state index is 14.4. The zero-order valence-corrected chi connectivity index (χ0v) is 13.1. The molecule has 0 radical (unpaired) electrons. The van der Waals surface area contributed by atoms with Crippen LogP contribution in [0, 0.1) is 5.82 Å². The molecule has 124 valence electrons. The van der Waals surface area contributed by atoms with Gasteiger partial charge in [-0.05, 0) is 26.8 Å². The monoisotopic (exact) mass is 332 g/mol. The van der Waals surface area contributed by atoms with E-state index in [0.717, 1.165) is 11.0 Å². The van der Waals surface area contributed by atoms with Crippen LogP contribution < -0.4 is 4.90 Å². The number of halogens is 1. The van der Waals surface area contributed by atoms with Crippen LogP contribution >= 0.6 is 0 Å². The number of hydrogen-bond donors (Lipinski definition) is 1. The fourth-order valence-electron chi connectivity index (χ4n) is 2.53. The minimum absolute atomic E-state index is 0.0415. The smallest absolute Gasteiger partial charge is 0.312 e. The molecule has 1 unspecified atom stereocenters. The van der Waals surface area contributed by atoms with Gasteiger partial charge < -0.3 is 9.63 Å². The fourth-order valence-corrected chi connectivity index (χ4v) is 2.53. The van der Waals surface area contributed by atoms with Crippen molar-refractivity contribution in [1.82, 2.24) is 5.16 Å². The number of benzene rings is 1. The normalized spacial score (nSPS) is 16.4. The fraction of sp³-hybridized carbons (Fsp3) is 0.250. The van der Waals surface area contributed by atoms with Gasteiger partial charge in [0.05, 0.1) is 5.69 Å². The average Bonchev–Trinajstić information content (AvgIpc) is 3.01. The number of carboxylic acid groups (broad SMARTS) is 1. The number of nitrogens with zero attached hydrogens (tertiary/aromatic N) is 2. The molecule has 7 nitrogen and oxygen atoms in total. The molecule has 1 aromatic carbocycles. The highest BCUT2D eigenvalue weighted by Gasteiger charge is 2.36. The molecule has 3 rings (SSSR count). The molecule has 1 aliphatic rings. The Morgan fingerprint density at radius 1 is 1.25 bits per heavy atom. The van der Waals surface area contributed by atoms with E-state index in [-0.39, 0.29) is 33.5 Å². The second-order valence-electron chi connectivity index (χ2n) is 5.62. The average molecular weight is 332 g/mol. The van der Waals surface area contributed by atoms with Gasteiger partial charge in [-0.2, -0.15) is 0 Å². The lowest BCUT2D eigenvalue weighted by Crippen LogP contribution is -2.32. The first-order chi connectivity index (χ1) is 11.2. The predicted octanol–water partition coefficient (Wildman–Crippen LogP) is 2.36. The summed E-state index contributed by atoms with van der Waals surface area (Å²) in [5.41, 5.74) is 0.364. The van der Waals surface area contributed by atoms with Crippen molar-refractivity contribution in [1.29, 1.82) is 0 Å². The molecule has 0 spiro atoms. The maximum Gasteiger partial charge on any atom is 0.312 e. The summed E-state index contributed by atoms with van der Waals surface area (Å²) in [6.07, 6.45) is 0. The zero-order chi connectivity index (χ0) is 17.8. The molecule has 0 fully saturated rings. The standard InChI is InChI=1S/C16H13FN2O5/c1-6-7(2)15(21)19(14(6)20)11-4-9-12(5-10(11)17)24-18-13(9)8(3)16(22)23/h4-5,8H,1-3H3,(H,22,23). The molecule has 0 bridgehead atoms. The molecule has 0 saturated heterocycles. The number of imide groups is 1. The summed E-state index contributed by atoms with van der Waals surface area (Å²) in [7, 11) is 0. The Balaban J connectivity index is 2.18. The lowest BCUT2D eigenvalue weighted by Gasteiger charge is -2.16. The van der Waals surface area contributed by atoms with Crippen LogP contribution in [0.2, 0.25) is 0 Å². The van der Waals surface area contributed by atoms with Crippen molar-refractivity contribution in [3.63, 3.8) is 0 Å². The molecule has 1 atom stereocenters. The van der Waals surface area contributed by atoms with Gasteiger partial charge in [0.1, 0.15) is 11.6 Å². The summed E-state index contributed by atoms with van der Waals surface area (Å²) >= 11 is 0. The van der Waals surface area contributed by atoms with E-state index in [1.807, 2.05) is 0 Å². The topological polar surface area (TPSA) is 101 Å². The van der Waals surface area contributed by atoms with Gasteiger partial charge in [-0.15, -0.1) is 0 Å². The number of carbonyl (C=O) groups is 3. The Morgan fingerprint density at radius 2 is 1.83 bits per heavy atom. The first-order valence-corrected chi connectivity index (χ1v) is 7.12. The van der Waals surface area contributed by atoms with E-state index in [9.17, 15) is 18.8 Å². The van der Waals surface area contributed by atoms with Crippen LogP contribution in [0.5, 0.6) is 0 Å². The number of hydrogen-bond acceptors (Lipinski definition) is 5. The van der Waals surface area contributed by atoms with Gasteiger partial charge in [-0.25, -0.2) is 9.29 Å². The van der Waals surface area contributed by atoms with Gasteiger partial charge >= 0.3 is 5.97 Å². The van der Waals surface area contributed by atoms with Crippen LogP contribution in [0.15, 0.2) is 27.8 Å². The Morgan fingerprint density at radius 3 is 2.38 bits per heavy atom. The molecule has 1 N–H and O–H groups in total. The molecule has 1 aromatic heterocycles. The Kier molecular flexibility index (Phi) is 3.47. The lowest BCUT2D eigenvalue weighted by molar-refractivity contribution is -0.138. The molecule has 2 aromatic rings. The third kappa shape index (κ3) is 2.10. The van der Waals surface area contributed by atoms with Crippen molar-refractivity contribution >= 4 is 34.4 Å². The Hall–Kier alpha value is -3.03. The van der Waals surface area contributed by atoms with E-state index < -0.39 is 29.5 Å². The molecular weight excluding hydrogens is 319 g/mol. The molecular formula is C16H13FN2O5. The van der Waals surface area contributed by atoms with Crippen molar-refractivity contribution in [2.24, 2.45) is 0 Å². The van der Waals surface area contributed by atoms with Crippen LogP contribution in [0.1, 0.15) is 32.4 Å². The number of amides is 2. The van der Waals surface area contributed by atoms with E-state index in [0.29, 0.717) is 0 Å². The molecule has 0 aliphatic carbocycles. The number of anilines is 1. The molecule has 8 heteroatoms. The Labute approximate surface area is 135 Å². The highest BCUT2D eigenvalue weighted by atomic mass is 19.1. The van der Waals surface area contributed by atoms with E-state index in [1.54, 1.807) is 0 Å². The van der Waals surface area contributed by atoms with Gasteiger partial charge in [-0.1, -0.05) is 5.16 Å². The molecule has 24 heavy (non-hydrogen) atoms. The summed E-state index contributed by atoms with van der Waals surface area (Å²) in [6, 6.07) is 2.21. The molecule has 2 amide bonds. The van der Waals surface area contributed by atoms with Crippen molar-refractivity contribution in [3.05, 3.63) is 34.8 Å². The predicted molar refractivity (Wildman–Crippen MR) is 80.9 cm³/mol. The van der Waals surface area contributed by atoms with Gasteiger partial charge in [0.2, 0.25) is 0 Å². The SMILES string of the molecule is CC1=C(C)C(=O)N(c2cc3c(C(C)C(=O)O)noc3cc2F)C1=O. The van der Waals surface area contributed by atoms with Crippen LogP contribution in [0.3, 0.4) is 0 Å². The quantitative estimate of drug-likeness (QED) is 0.866. The molecule has 0 saturated carbocycles. The largest absolute Gasteiger partial charge is 0.481 e. The number of carbonyl (C=O) groups excluding carboxylic acids is 2. The van der Waals surface area contributed by atoms with Crippen LogP contribution in [0.4, 0.5) is 10.1 Å². The number of rotatable bonds is 3. The minimum atomic E-state index is -1.13. The summed E-state index contributed by atoms with van der Waals surface area (Å²) in [5.74, 6) is -4.17. The lowest BCUT2D eigenvalue weighted by atomic mass is 10.0. The van der Waals surface area contributed by atoms with E-state index >= 15 is 0 Å². The number of carboxylic acids is 1. The summed E-state index contributed by atoms with van der Waals surface area (Å²) < 4.78 is 19.3. The molecule has 2 heterocycles. The first kappa shape index (κ1) is 15.9. The molecule has 1 aliphatic heterocycles. The summed E-state index contributed by atoms with van der Waals surface area (Å²) in [5, 5.41) is 13.0. The van der Waals surface area contributed by atoms with Crippen LogP contribution in [0.25, 0.3) is 11.0 Å². The van der Waals surface area contributed by atoms with Crippen molar-refractivity contribution < 1.29 is 28.4 Å². The van der Waals surface area contributed by atoms with Crippen molar-refractivity contribution in [2.75, 3.05) is 4.90 Å². The van der Waals surface area contributed by atoms with Gasteiger partial charge in [-0.3, -0.25) is 14.4 Å². The minimum Gasteiger partial charge on any atom is -0.481 e. The second kappa shape index (κ2) is 5.26. The van der Waals surface area contributed by atoms with Crippen LogP contribution in [-0.4, -0.2) is 28.0 Å². The van der Waals surface area contributed by atoms with E-state index in [1.165, 1.54) is 26.8 Å². The first-order valence-electron chi connectivity index (χ1n) is 7.12. The van der Waals surface area contributed by atoms with Crippen molar-refractivity contribution in [2.45, 2.75) is 26.7 Å². The summed E-state index contributed by atoms with van der Waals surface area (Å²) in [6.45, 7) is 4.39. The Bertz CT molecular complexity index is 919. The third-order valence-corrected chi connectivity index (χ3v) is 4.20. The van der Waals surface area contributed by atoms with Crippen molar-refractivity contribution in [3.8, 4) is 0 Å².